The lowest BCUT2D eigenvalue weighted by Gasteiger charge is -2.25. The molecule has 1 fully saturated rings. The number of carbonyl (C=O) groups is 1. The molecule has 3 N–H and O–H groups in total. The van der Waals surface area contributed by atoms with E-state index in [2.05, 4.69) is 5.32 Å². The van der Waals surface area contributed by atoms with Crippen molar-refractivity contribution in [2.24, 2.45) is 17.1 Å². The van der Waals surface area contributed by atoms with Crippen LogP contribution in [0.4, 0.5) is 0 Å². The monoisotopic (exact) mass is 240 g/mol. The second kappa shape index (κ2) is 6.39. The van der Waals surface area contributed by atoms with Crippen molar-refractivity contribution in [1.29, 1.82) is 0 Å². The van der Waals surface area contributed by atoms with E-state index in [1.807, 2.05) is 20.8 Å². The smallest absolute Gasteiger partial charge is 0.237 e. The summed E-state index contributed by atoms with van der Waals surface area (Å²) in [7, 11) is 0. The molecule has 3 nitrogen and oxygen atoms in total. The van der Waals surface area contributed by atoms with Crippen LogP contribution < -0.4 is 11.1 Å². The number of carbonyl (C=O) groups excluding carboxylic acids is 1. The van der Waals surface area contributed by atoms with E-state index in [0.717, 1.165) is 18.9 Å². The Morgan fingerprint density at radius 2 is 1.94 bits per heavy atom. The lowest BCUT2D eigenvalue weighted by atomic mass is 9.87. The zero-order valence-corrected chi connectivity index (χ0v) is 11.6. The van der Waals surface area contributed by atoms with Gasteiger partial charge in [0.05, 0.1) is 6.04 Å². The number of nitrogens with one attached hydrogen (secondary N) is 1. The van der Waals surface area contributed by atoms with Gasteiger partial charge in [-0.05, 0) is 24.2 Å². The summed E-state index contributed by atoms with van der Waals surface area (Å²) in [6, 6.07) is -0.408. The fourth-order valence-corrected chi connectivity index (χ4v) is 2.40. The zero-order chi connectivity index (χ0) is 12.9. The molecule has 1 aliphatic carbocycles. The van der Waals surface area contributed by atoms with Crippen LogP contribution >= 0.6 is 0 Å². The molecule has 1 amide bonds. The van der Waals surface area contributed by atoms with E-state index < -0.39 is 6.04 Å². The molecular formula is C14H28N2O. The van der Waals surface area contributed by atoms with Gasteiger partial charge in [0.25, 0.3) is 0 Å². The third-order valence-electron chi connectivity index (χ3n) is 3.78. The minimum atomic E-state index is -0.408. The summed E-state index contributed by atoms with van der Waals surface area (Å²) in [5.41, 5.74) is 5.73. The van der Waals surface area contributed by atoms with E-state index >= 15 is 0 Å². The Morgan fingerprint density at radius 1 is 1.35 bits per heavy atom. The van der Waals surface area contributed by atoms with Gasteiger partial charge in [0.15, 0.2) is 0 Å². The standard InChI is InChI=1S/C14H28N2O/c1-14(2,3)12(15)13(17)16-10-6-9-11-7-4-5-8-11/h11-12H,4-10,15H2,1-3H3,(H,16,17)/t12-/m0/s1. The van der Waals surface area contributed by atoms with Gasteiger partial charge in [0, 0.05) is 6.54 Å². The molecule has 0 unspecified atom stereocenters. The third kappa shape index (κ3) is 5.07. The quantitative estimate of drug-likeness (QED) is 0.725. The van der Waals surface area contributed by atoms with Crippen molar-refractivity contribution in [2.75, 3.05) is 6.54 Å². The maximum atomic E-state index is 11.7. The number of hydrogen-bond acceptors (Lipinski definition) is 2. The minimum Gasteiger partial charge on any atom is -0.355 e. The van der Waals surface area contributed by atoms with E-state index in [4.69, 9.17) is 5.73 Å². The molecule has 0 saturated heterocycles. The van der Waals surface area contributed by atoms with Gasteiger partial charge in [-0.15, -0.1) is 0 Å². The predicted octanol–water partition coefficient (Wildman–Crippen LogP) is 2.45. The number of hydrogen-bond donors (Lipinski definition) is 2. The molecule has 0 bridgehead atoms. The van der Waals surface area contributed by atoms with Gasteiger partial charge in [-0.3, -0.25) is 4.79 Å². The molecule has 1 saturated carbocycles. The molecule has 1 atom stereocenters. The Hall–Kier alpha value is -0.570. The molecule has 0 radical (unpaired) electrons. The molecule has 0 spiro atoms. The molecule has 100 valence electrons. The number of nitrogens with two attached hydrogens (primary N) is 1. The summed E-state index contributed by atoms with van der Waals surface area (Å²) >= 11 is 0. The van der Waals surface area contributed by atoms with Crippen molar-refractivity contribution in [3.63, 3.8) is 0 Å². The second-order valence-electron chi connectivity index (χ2n) is 6.43. The normalized spacial score (nSPS) is 19.3. The first kappa shape index (κ1) is 14.5. The summed E-state index contributed by atoms with van der Waals surface area (Å²) in [4.78, 5) is 11.7. The molecule has 3 heteroatoms. The average Bonchev–Trinajstić information content (AvgIpc) is 2.74. The van der Waals surface area contributed by atoms with Gasteiger partial charge in [0.1, 0.15) is 0 Å². The van der Waals surface area contributed by atoms with E-state index in [9.17, 15) is 4.79 Å². The molecule has 17 heavy (non-hydrogen) atoms. The Kier molecular flexibility index (Phi) is 5.44. The predicted molar refractivity (Wildman–Crippen MR) is 71.6 cm³/mol. The summed E-state index contributed by atoms with van der Waals surface area (Å²) in [6.45, 7) is 6.76. The highest BCUT2D eigenvalue weighted by Gasteiger charge is 2.27. The van der Waals surface area contributed by atoms with Crippen molar-refractivity contribution in [3.8, 4) is 0 Å². The Morgan fingerprint density at radius 3 is 2.47 bits per heavy atom. The average molecular weight is 240 g/mol. The SMILES string of the molecule is CC(C)(C)[C@@H](N)C(=O)NCCCC1CCCC1. The van der Waals surface area contributed by atoms with Crippen molar-refractivity contribution >= 4 is 5.91 Å². The van der Waals surface area contributed by atoms with Gasteiger partial charge in [-0.1, -0.05) is 46.5 Å². The Labute approximate surface area is 106 Å². The van der Waals surface area contributed by atoms with Gasteiger partial charge in [-0.25, -0.2) is 0 Å². The van der Waals surface area contributed by atoms with Gasteiger partial charge in [0.2, 0.25) is 5.91 Å². The molecule has 0 aromatic heterocycles. The Balaban J connectivity index is 2.11. The molecule has 1 aliphatic rings. The summed E-state index contributed by atoms with van der Waals surface area (Å²) < 4.78 is 0. The topological polar surface area (TPSA) is 55.1 Å². The van der Waals surface area contributed by atoms with E-state index in [0.29, 0.717) is 0 Å². The Bertz CT molecular complexity index is 239. The summed E-state index contributed by atoms with van der Waals surface area (Å²) in [6.07, 6.45) is 7.90. The van der Waals surface area contributed by atoms with Crippen LogP contribution in [0, 0.1) is 11.3 Å². The van der Waals surface area contributed by atoms with E-state index in [1.54, 1.807) is 0 Å². The van der Waals surface area contributed by atoms with Crippen LogP contribution in [0.2, 0.25) is 0 Å². The van der Waals surface area contributed by atoms with E-state index in [1.165, 1.54) is 32.1 Å². The van der Waals surface area contributed by atoms with Crippen molar-refractivity contribution < 1.29 is 4.79 Å². The minimum absolute atomic E-state index is 0.0103. The maximum absolute atomic E-state index is 11.7. The fraction of sp³-hybridized carbons (Fsp3) is 0.929. The summed E-state index contributed by atoms with van der Waals surface area (Å²) in [5, 5.41) is 2.95. The largest absolute Gasteiger partial charge is 0.355 e. The number of amides is 1. The lowest BCUT2D eigenvalue weighted by molar-refractivity contribution is -0.124. The first-order valence-corrected chi connectivity index (χ1v) is 6.94. The first-order valence-electron chi connectivity index (χ1n) is 6.94. The molecule has 0 aromatic carbocycles. The number of rotatable bonds is 5. The van der Waals surface area contributed by atoms with Crippen molar-refractivity contribution in [1.82, 2.24) is 5.32 Å². The second-order valence-corrected chi connectivity index (χ2v) is 6.43. The van der Waals surface area contributed by atoms with Crippen molar-refractivity contribution in [3.05, 3.63) is 0 Å². The molecule has 1 rings (SSSR count). The first-order chi connectivity index (χ1) is 7.91. The van der Waals surface area contributed by atoms with Crippen molar-refractivity contribution in [2.45, 2.75) is 65.3 Å². The molecule has 0 aromatic rings. The third-order valence-corrected chi connectivity index (χ3v) is 3.78. The van der Waals surface area contributed by atoms with Gasteiger partial charge < -0.3 is 11.1 Å². The van der Waals surface area contributed by atoms with Crippen LogP contribution in [-0.2, 0) is 4.79 Å². The van der Waals surface area contributed by atoms with Gasteiger partial charge >= 0.3 is 0 Å². The van der Waals surface area contributed by atoms with Crippen LogP contribution in [0.1, 0.15) is 59.3 Å². The highest BCUT2D eigenvalue weighted by atomic mass is 16.2. The summed E-state index contributed by atoms with van der Waals surface area (Å²) in [5.74, 6) is 0.895. The highest BCUT2D eigenvalue weighted by Crippen LogP contribution is 2.28. The fourth-order valence-electron chi connectivity index (χ4n) is 2.40. The van der Waals surface area contributed by atoms with Crippen LogP contribution in [0.5, 0.6) is 0 Å². The van der Waals surface area contributed by atoms with Gasteiger partial charge in [-0.2, -0.15) is 0 Å². The molecule has 0 heterocycles. The van der Waals surface area contributed by atoms with Crippen LogP contribution in [0.15, 0.2) is 0 Å². The van der Waals surface area contributed by atoms with Crippen LogP contribution in [0.3, 0.4) is 0 Å². The zero-order valence-electron chi connectivity index (χ0n) is 11.6. The highest BCUT2D eigenvalue weighted by molar-refractivity contribution is 5.82. The molecular weight excluding hydrogens is 212 g/mol. The van der Waals surface area contributed by atoms with Crippen LogP contribution in [-0.4, -0.2) is 18.5 Å². The van der Waals surface area contributed by atoms with E-state index in [-0.39, 0.29) is 11.3 Å². The maximum Gasteiger partial charge on any atom is 0.237 e. The molecule has 0 aliphatic heterocycles. The van der Waals surface area contributed by atoms with Crippen LogP contribution in [0.25, 0.3) is 0 Å². The lowest BCUT2D eigenvalue weighted by Crippen LogP contribution is -2.48.